The van der Waals surface area contributed by atoms with E-state index in [0.29, 0.717) is 17.9 Å². The van der Waals surface area contributed by atoms with Gasteiger partial charge in [0.05, 0.1) is 12.2 Å². The highest BCUT2D eigenvalue weighted by Gasteiger charge is 2.40. The number of rotatable bonds is 3. The summed E-state index contributed by atoms with van der Waals surface area (Å²) in [5, 5.41) is 0. The fourth-order valence-electron chi connectivity index (χ4n) is 2.96. The van der Waals surface area contributed by atoms with E-state index in [0.717, 1.165) is 6.42 Å². The average Bonchev–Trinajstić information content (AvgIpc) is 2.54. The van der Waals surface area contributed by atoms with E-state index in [1.807, 2.05) is 24.5 Å². The Morgan fingerprint density at radius 1 is 1.24 bits per heavy atom. The lowest BCUT2D eigenvalue weighted by Gasteiger charge is -2.25. The topological polar surface area (TPSA) is 48.1 Å². The Balaban J connectivity index is 2.03. The van der Waals surface area contributed by atoms with Crippen molar-refractivity contribution in [1.29, 1.82) is 0 Å². The minimum atomic E-state index is 0.160. The van der Waals surface area contributed by atoms with Gasteiger partial charge in [0, 0.05) is 24.4 Å². The van der Waals surface area contributed by atoms with Crippen molar-refractivity contribution in [2.75, 3.05) is 0 Å². The maximum absolute atomic E-state index is 6.35. The highest BCUT2D eigenvalue weighted by molar-refractivity contribution is 5.12. The number of nitrogens with zero attached hydrogens (tertiary/aromatic N) is 1. The highest BCUT2D eigenvalue weighted by Crippen LogP contribution is 2.34. The van der Waals surface area contributed by atoms with Crippen LogP contribution >= 0.6 is 0 Å². The minimum absolute atomic E-state index is 0.160. The Hall–Kier alpha value is -0.930. The molecule has 3 nitrogen and oxygen atoms in total. The molecule has 0 aliphatic carbocycles. The summed E-state index contributed by atoms with van der Waals surface area (Å²) in [5.74, 6) is 0.972. The molecule has 1 fully saturated rings. The van der Waals surface area contributed by atoms with Crippen LogP contribution in [-0.4, -0.2) is 23.2 Å². The SMILES string of the molecule is CC1OC(C)C(C(N)Cc2ccncc2)C1C. The van der Waals surface area contributed by atoms with Crippen LogP contribution in [0.3, 0.4) is 0 Å². The smallest absolute Gasteiger partial charge is 0.0597 e. The molecule has 94 valence electrons. The third-order valence-corrected chi connectivity index (χ3v) is 4.03. The molecule has 0 radical (unpaired) electrons. The van der Waals surface area contributed by atoms with Gasteiger partial charge in [-0.2, -0.15) is 0 Å². The van der Waals surface area contributed by atoms with Gasteiger partial charge >= 0.3 is 0 Å². The molecule has 5 atom stereocenters. The number of nitrogens with two attached hydrogens (primary N) is 1. The highest BCUT2D eigenvalue weighted by atomic mass is 16.5. The molecule has 0 aromatic carbocycles. The molecule has 1 aliphatic heterocycles. The van der Waals surface area contributed by atoms with Gasteiger partial charge < -0.3 is 10.5 Å². The molecule has 2 rings (SSSR count). The van der Waals surface area contributed by atoms with Gasteiger partial charge in [-0.05, 0) is 43.9 Å². The second kappa shape index (κ2) is 5.15. The van der Waals surface area contributed by atoms with Crippen LogP contribution < -0.4 is 5.73 Å². The summed E-state index contributed by atoms with van der Waals surface area (Å²) in [4.78, 5) is 4.03. The standard InChI is InChI=1S/C14H22N2O/c1-9-10(2)17-11(3)14(9)13(15)8-12-4-6-16-7-5-12/h4-7,9-11,13-14H,8,15H2,1-3H3. The summed E-state index contributed by atoms with van der Waals surface area (Å²) in [7, 11) is 0. The molecule has 1 aliphatic rings. The number of hydrogen-bond donors (Lipinski definition) is 1. The lowest BCUT2D eigenvalue weighted by atomic mass is 9.81. The van der Waals surface area contributed by atoms with Gasteiger partial charge in [-0.25, -0.2) is 0 Å². The minimum Gasteiger partial charge on any atom is -0.375 e. The summed E-state index contributed by atoms with van der Waals surface area (Å²) in [6, 6.07) is 4.23. The van der Waals surface area contributed by atoms with Crippen molar-refractivity contribution in [3.8, 4) is 0 Å². The summed E-state index contributed by atoms with van der Waals surface area (Å²) in [5.41, 5.74) is 7.61. The van der Waals surface area contributed by atoms with E-state index >= 15 is 0 Å². The molecule has 5 unspecified atom stereocenters. The first kappa shape index (κ1) is 12.5. The Kier molecular flexibility index (Phi) is 3.79. The van der Waals surface area contributed by atoms with Gasteiger partial charge in [-0.1, -0.05) is 6.92 Å². The monoisotopic (exact) mass is 234 g/mol. The number of ether oxygens (including phenoxy) is 1. The largest absolute Gasteiger partial charge is 0.375 e. The van der Waals surface area contributed by atoms with E-state index < -0.39 is 0 Å². The molecule has 2 heterocycles. The Labute approximate surface area is 103 Å². The lowest BCUT2D eigenvalue weighted by molar-refractivity contribution is 0.0490. The zero-order valence-corrected chi connectivity index (χ0v) is 10.8. The predicted octanol–water partition coefficient (Wildman–Crippen LogP) is 2.01. The Morgan fingerprint density at radius 3 is 2.41 bits per heavy atom. The molecule has 0 bridgehead atoms. The second-order valence-corrected chi connectivity index (χ2v) is 5.21. The molecule has 0 spiro atoms. The van der Waals surface area contributed by atoms with Crippen LogP contribution in [0, 0.1) is 11.8 Å². The molecule has 0 saturated carbocycles. The maximum atomic E-state index is 6.35. The third-order valence-electron chi connectivity index (χ3n) is 4.03. The van der Waals surface area contributed by atoms with E-state index in [9.17, 15) is 0 Å². The normalized spacial score (nSPS) is 34.8. The van der Waals surface area contributed by atoms with Crippen LogP contribution in [0.25, 0.3) is 0 Å². The third kappa shape index (κ3) is 2.67. The first-order chi connectivity index (χ1) is 8.09. The van der Waals surface area contributed by atoms with Crippen molar-refractivity contribution in [2.45, 2.75) is 45.4 Å². The maximum Gasteiger partial charge on any atom is 0.0597 e. The van der Waals surface area contributed by atoms with Crippen molar-refractivity contribution < 1.29 is 4.74 Å². The molecule has 1 aromatic heterocycles. The van der Waals surface area contributed by atoms with E-state index in [1.54, 1.807) is 0 Å². The summed E-state index contributed by atoms with van der Waals surface area (Å²) >= 11 is 0. The van der Waals surface area contributed by atoms with E-state index in [1.165, 1.54) is 5.56 Å². The molecular weight excluding hydrogens is 212 g/mol. The van der Waals surface area contributed by atoms with E-state index in [4.69, 9.17) is 10.5 Å². The lowest BCUT2D eigenvalue weighted by Crippen LogP contribution is -2.39. The van der Waals surface area contributed by atoms with Gasteiger partial charge in [-0.3, -0.25) is 4.98 Å². The molecule has 1 saturated heterocycles. The van der Waals surface area contributed by atoms with Crippen molar-refractivity contribution in [1.82, 2.24) is 4.98 Å². The number of pyridine rings is 1. The van der Waals surface area contributed by atoms with Crippen molar-refractivity contribution in [2.24, 2.45) is 17.6 Å². The predicted molar refractivity (Wildman–Crippen MR) is 68.6 cm³/mol. The average molecular weight is 234 g/mol. The molecular formula is C14H22N2O. The summed E-state index contributed by atoms with van der Waals surface area (Å²) in [6.07, 6.45) is 5.12. The molecule has 3 heteroatoms. The zero-order valence-electron chi connectivity index (χ0n) is 10.8. The van der Waals surface area contributed by atoms with Gasteiger partial charge in [-0.15, -0.1) is 0 Å². The zero-order chi connectivity index (χ0) is 12.4. The van der Waals surface area contributed by atoms with Gasteiger partial charge in [0.15, 0.2) is 0 Å². The molecule has 2 N–H and O–H groups in total. The van der Waals surface area contributed by atoms with Crippen LogP contribution in [-0.2, 0) is 11.2 Å². The fourth-order valence-corrected chi connectivity index (χ4v) is 2.96. The molecule has 17 heavy (non-hydrogen) atoms. The summed E-state index contributed by atoms with van der Waals surface area (Å²) in [6.45, 7) is 6.52. The van der Waals surface area contributed by atoms with Gasteiger partial charge in [0.1, 0.15) is 0 Å². The Morgan fingerprint density at radius 2 is 1.88 bits per heavy atom. The molecule has 1 aromatic rings. The fraction of sp³-hybridized carbons (Fsp3) is 0.643. The number of aromatic nitrogens is 1. The van der Waals surface area contributed by atoms with E-state index in [2.05, 4.69) is 25.8 Å². The van der Waals surface area contributed by atoms with Crippen molar-refractivity contribution >= 4 is 0 Å². The first-order valence-corrected chi connectivity index (χ1v) is 6.39. The van der Waals surface area contributed by atoms with Gasteiger partial charge in [0.25, 0.3) is 0 Å². The van der Waals surface area contributed by atoms with Gasteiger partial charge in [0.2, 0.25) is 0 Å². The van der Waals surface area contributed by atoms with Crippen LogP contribution in [0.1, 0.15) is 26.3 Å². The van der Waals surface area contributed by atoms with Crippen LogP contribution in [0.4, 0.5) is 0 Å². The Bertz CT molecular complexity index is 354. The van der Waals surface area contributed by atoms with Crippen LogP contribution in [0.2, 0.25) is 0 Å². The van der Waals surface area contributed by atoms with Crippen molar-refractivity contribution in [3.05, 3.63) is 30.1 Å². The second-order valence-electron chi connectivity index (χ2n) is 5.21. The summed E-state index contributed by atoms with van der Waals surface area (Å²) < 4.78 is 5.85. The number of hydrogen-bond acceptors (Lipinski definition) is 3. The van der Waals surface area contributed by atoms with Crippen molar-refractivity contribution in [3.63, 3.8) is 0 Å². The van der Waals surface area contributed by atoms with Crippen LogP contribution in [0.5, 0.6) is 0 Å². The quantitative estimate of drug-likeness (QED) is 0.870. The molecule has 0 amide bonds. The van der Waals surface area contributed by atoms with E-state index in [-0.39, 0.29) is 12.1 Å². The van der Waals surface area contributed by atoms with Crippen LogP contribution in [0.15, 0.2) is 24.5 Å². The first-order valence-electron chi connectivity index (χ1n) is 6.39.